The summed E-state index contributed by atoms with van der Waals surface area (Å²) in [6.07, 6.45) is 1.14. The van der Waals surface area contributed by atoms with Gasteiger partial charge in [0.05, 0.1) is 5.71 Å². The van der Waals surface area contributed by atoms with E-state index in [9.17, 15) is 9.59 Å². The molecule has 0 bridgehead atoms. The lowest BCUT2D eigenvalue weighted by Crippen LogP contribution is -2.27. The van der Waals surface area contributed by atoms with Gasteiger partial charge in [-0.25, -0.2) is 5.43 Å². The molecular formula is C20H23N3O2. The highest BCUT2D eigenvalue weighted by Gasteiger charge is 2.09. The molecule has 0 heterocycles. The third kappa shape index (κ3) is 6.22. The molecule has 0 radical (unpaired) electrons. The molecule has 0 aliphatic rings. The molecule has 0 unspecified atom stereocenters. The summed E-state index contributed by atoms with van der Waals surface area (Å²) < 4.78 is 0. The van der Waals surface area contributed by atoms with Gasteiger partial charge in [0.1, 0.15) is 0 Å². The summed E-state index contributed by atoms with van der Waals surface area (Å²) in [5, 5.41) is 7.04. The predicted molar refractivity (Wildman–Crippen MR) is 99.2 cm³/mol. The highest BCUT2D eigenvalue weighted by atomic mass is 16.2. The lowest BCUT2D eigenvalue weighted by molar-refractivity contribution is -0.126. The minimum absolute atomic E-state index is 0.107. The fourth-order valence-electron chi connectivity index (χ4n) is 2.24. The zero-order chi connectivity index (χ0) is 17.9. The summed E-state index contributed by atoms with van der Waals surface area (Å²) in [7, 11) is 0. The number of nitrogens with one attached hydrogen (secondary N) is 2. The number of carbonyl (C=O) groups excluding carboxylic acids is 2. The Morgan fingerprint density at radius 2 is 1.36 bits per heavy atom. The van der Waals surface area contributed by atoms with Crippen molar-refractivity contribution in [1.82, 2.24) is 10.7 Å². The predicted octanol–water partition coefficient (Wildman–Crippen LogP) is 2.86. The molecule has 5 heteroatoms. The number of amides is 2. The number of benzene rings is 2. The molecule has 0 aliphatic heterocycles. The fraction of sp³-hybridized carbons (Fsp3) is 0.250. The molecule has 130 valence electrons. The summed E-state index contributed by atoms with van der Waals surface area (Å²) in [5.74, 6) is -0.400. The van der Waals surface area contributed by atoms with Crippen LogP contribution in [0.3, 0.4) is 0 Å². The topological polar surface area (TPSA) is 70.6 Å². The van der Waals surface area contributed by atoms with Crippen LogP contribution in [0.2, 0.25) is 0 Å². The first kappa shape index (κ1) is 18.4. The lowest BCUT2D eigenvalue weighted by atomic mass is 10.0. The van der Waals surface area contributed by atoms with Crippen molar-refractivity contribution in [2.75, 3.05) is 6.54 Å². The number of hydrogen-bond donors (Lipinski definition) is 2. The van der Waals surface area contributed by atoms with Crippen LogP contribution >= 0.6 is 0 Å². The molecular weight excluding hydrogens is 314 g/mol. The number of hydrogen-bond acceptors (Lipinski definition) is 3. The minimum atomic E-state index is -0.281. The number of rotatable bonds is 8. The Balaban J connectivity index is 2.03. The van der Waals surface area contributed by atoms with Gasteiger partial charge in [-0.1, -0.05) is 67.6 Å². The number of carbonyl (C=O) groups is 2. The molecule has 2 aromatic rings. The largest absolute Gasteiger partial charge is 0.356 e. The van der Waals surface area contributed by atoms with Crippen LogP contribution in [-0.4, -0.2) is 24.1 Å². The van der Waals surface area contributed by atoms with Crippen molar-refractivity contribution >= 4 is 17.5 Å². The smallest absolute Gasteiger partial charge is 0.240 e. The minimum Gasteiger partial charge on any atom is -0.356 e. The molecule has 0 atom stereocenters. The Morgan fingerprint density at radius 1 is 0.840 bits per heavy atom. The molecule has 0 fully saturated rings. The molecule has 2 rings (SSSR count). The Kier molecular flexibility index (Phi) is 7.38. The molecule has 2 N–H and O–H groups in total. The van der Waals surface area contributed by atoms with E-state index in [0.29, 0.717) is 12.3 Å². The number of hydrazone groups is 1. The van der Waals surface area contributed by atoms with E-state index < -0.39 is 0 Å². The summed E-state index contributed by atoms with van der Waals surface area (Å²) in [6, 6.07) is 19.3. The number of nitrogens with zero attached hydrogens (tertiary/aromatic N) is 1. The molecule has 2 amide bonds. The second kappa shape index (κ2) is 10.0. The first-order valence-electron chi connectivity index (χ1n) is 8.44. The summed E-state index contributed by atoms with van der Waals surface area (Å²) >= 11 is 0. The van der Waals surface area contributed by atoms with Crippen molar-refractivity contribution in [2.24, 2.45) is 5.10 Å². The Labute approximate surface area is 148 Å². The van der Waals surface area contributed by atoms with Gasteiger partial charge in [0.25, 0.3) is 0 Å². The van der Waals surface area contributed by atoms with E-state index in [-0.39, 0.29) is 24.7 Å². The average Bonchev–Trinajstić information content (AvgIpc) is 2.66. The van der Waals surface area contributed by atoms with Gasteiger partial charge in [-0.05, 0) is 6.42 Å². The van der Waals surface area contributed by atoms with Crippen LogP contribution in [0.25, 0.3) is 0 Å². The zero-order valence-corrected chi connectivity index (χ0v) is 14.4. The van der Waals surface area contributed by atoms with Crippen molar-refractivity contribution in [3.05, 3.63) is 71.8 Å². The van der Waals surface area contributed by atoms with E-state index in [1.54, 1.807) is 0 Å². The molecule has 0 aliphatic carbocycles. The maximum atomic E-state index is 12.0. The van der Waals surface area contributed by atoms with Crippen LogP contribution < -0.4 is 10.7 Å². The van der Waals surface area contributed by atoms with Crippen molar-refractivity contribution in [2.45, 2.75) is 26.2 Å². The van der Waals surface area contributed by atoms with Crippen molar-refractivity contribution < 1.29 is 9.59 Å². The van der Waals surface area contributed by atoms with E-state index in [4.69, 9.17) is 0 Å². The van der Waals surface area contributed by atoms with Crippen molar-refractivity contribution in [1.29, 1.82) is 0 Å². The highest BCUT2D eigenvalue weighted by molar-refractivity contribution is 6.13. The molecule has 0 saturated heterocycles. The van der Waals surface area contributed by atoms with Crippen LogP contribution in [0.5, 0.6) is 0 Å². The summed E-state index contributed by atoms with van der Waals surface area (Å²) in [5.41, 5.74) is 5.07. The Morgan fingerprint density at radius 3 is 1.88 bits per heavy atom. The highest BCUT2D eigenvalue weighted by Crippen LogP contribution is 2.10. The van der Waals surface area contributed by atoms with Gasteiger partial charge in [-0.3, -0.25) is 9.59 Å². The van der Waals surface area contributed by atoms with Crippen LogP contribution in [0.15, 0.2) is 65.8 Å². The first-order valence-corrected chi connectivity index (χ1v) is 8.44. The van der Waals surface area contributed by atoms with Gasteiger partial charge in [-0.15, -0.1) is 0 Å². The molecule has 25 heavy (non-hydrogen) atoms. The summed E-state index contributed by atoms with van der Waals surface area (Å²) in [6.45, 7) is 2.61. The third-order valence-corrected chi connectivity index (χ3v) is 3.54. The average molecular weight is 337 g/mol. The normalized spacial score (nSPS) is 9.96. The maximum absolute atomic E-state index is 12.0. The molecule has 0 aromatic heterocycles. The van der Waals surface area contributed by atoms with E-state index >= 15 is 0 Å². The monoisotopic (exact) mass is 337 g/mol. The lowest BCUT2D eigenvalue weighted by Gasteiger charge is -2.08. The SMILES string of the molecule is CCCNC(=O)CCC(=O)NN=C(c1ccccc1)c1ccccc1. The van der Waals surface area contributed by atoms with E-state index in [0.717, 1.165) is 17.5 Å². The second-order valence-corrected chi connectivity index (χ2v) is 5.58. The van der Waals surface area contributed by atoms with Crippen LogP contribution in [-0.2, 0) is 9.59 Å². The van der Waals surface area contributed by atoms with Crippen LogP contribution in [0.1, 0.15) is 37.3 Å². The molecule has 2 aromatic carbocycles. The van der Waals surface area contributed by atoms with Gasteiger partial charge in [-0.2, -0.15) is 5.10 Å². The first-order chi connectivity index (χ1) is 12.2. The van der Waals surface area contributed by atoms with E-state index in [1.807, 2.05) is 67.6 Å². The van der Waals surface area contributed by atoms with Gasteiger partial charge < -0.3 is 5.32 Å². The fourth-order valence-corrected chi connectivity index (χ4v) is 2.24. The van der Waals surface area contributed by atoms with Crippen molar-refractivity contribution in [3.63, 3.8) is 0 Å². The van der Waals surface area contributed by atoms with E-state index in [2.05, 4.69) is 15.8 Å². The van der Waals surface area contributed by atoms with Gasteiger partial charge in [0, 0.05) is 30.5 Å². The van der Waals surface area contributed by atoms with E-state index in [1.165, 1.54) is 0 Å². The second-order valence-electron chi connectivity index (χ2n) is 5.58. The molecule has 0 saturated carbocycles. The quantitative estimate of drug-likeness (QED) is 0.574. The molecule has 5 nitrogen and oxygen atoms in total. The third-order valence-electron chi connectivity index (χ3n) is 3.54. The van der Waals surface area contributed by atoms with Gasteiger partial charge in [0.2, 0.25) is 11.8 Å². The van der Waals surface area contributed by atoms with Crippen LogP contribution in [0, 0.1) is 0 Å². The van der Waals surface area contributed by atoms with Gasteiger partial charge in [0.15, 0.2) is 0 Å². The Bertz CT molecular complexity index is 671. The molecule has 0 spiro atoms. The summed E-state index contributed by atoms with van der Waals surface area (Å²) in [4.78, 5) is 23.6. The Hall–Kier alpha value is -2.95. The van der Waals surface area contributed by atoms with Gasteiger partial charge >= 0.3 is 0 Å². The van der Waals surface area contributed by atoms with Crippen LogP contribution in [0.4, 0.5) is 0 Å². The zero-order valence-electron chi connectivity index (χ0n) is 14.4. The standard InChI is InChI=1S/C20H23N3O2/c1-2-15-21-18(24)13-14-19(25)22-23-20(16-9-5-3-6-10-16)17-11-7-4-8-12-17/h3-12H,2,13-15H2,1H3,(H,21,24)(H,22,25). The van der Waals surface area contributed by atoms with Crippen molar-refractivity contribution in [3.8, 4) is 0 Å². The maximum Gasteiger partial charge on any atom is 0.240 e.